The molecule has 0 unspecified atom stereocenters. The molecular formula is C31H32F3N6O4+. The SMILES string of the molecule is COC.COC(=O)C1=C(C)N(c2cccc(C(F)(F)F)c2)C(=N)N(C(N)=O)[C@@H]1c1ccc(C#N)cc1CC[n+]1ccccc1. The summed E-state index contributed by atoms with van der Waals surface area (Å²) in [6, 6.07) is 14.2. The predicted octanol–water partition coefficient (Wildman–Crippen LogP) is 4.69. The zero-order valence-corrected chi connectivity index (χ0v) is 24.6. The second-order valence-corrected chi connectivity index (χ2v) is 9.61. The van der Waals surface area contributed by atoms with Crippen LogP contribution in [0.1, 0.15) is 35.2 Å². The number of carbonyl (C=O) groups is 2. The number of hydrogen-bond donors (Lipinski definition) is 2. The third kappa shape index (κ3) is 7.22. The van der Waals surface area contributed by atoms with Gasteiger partial charge >= 0.3 is 18.2 Å². The van der Waals surface area contributed by atoms with Gasteiger partial charge in [-0.05, 0) is 48.4 Å². The van der Waals surface area contributed by atoms with Crippen molar-refractivity contribution in [3.05, 3.63) is 107 Å². The lowest BCUT2D eigenvalue weighted by Gasteiger charge is -2.43. The number of ether oxygens (including phenoxy) is 2. The number of amides is 2. The number of primary amides is 1. The van der Waals surface area contributed by atoms with Crippen molar-refractivity contribution in [2.24, 2.45) is 5.73 Å². The number of nitrogens with one attached hydrogen (secondary N) is 1. The molecule has 230 valence electrons. The summed E-state index contributed by atoms with van der Waals surface area (Å²) >= 11 is 0. The van der Waals surface area contributed by atoms with Crippen LogP contribution in [0.4, 0.5) is 23.7 Å². The Bertz CT molecular complexity index is 1600. The predicted molar refractivity (Wildman–Crippen MR) is 155 cm³/mol. The zero-order valence-electron chi connectivity index (χ0n) is 24.6. The minimum absolute atomic E-state index is 0.0800. The molecule has 2 heterocycles. The summed E-state index contributed by atoms with van der Waals surface area (Å²) in [6.45, 7) is 1.94. The minimum atomic E-state index is -4.67. The topological polar surface area (TPSA) is 137 Å². The molecule has 0 saturated heterocycles. The van der Waals surface area contributed by atoms with E-state index in [0.29, 0.717) is 29.7 Å². The number of aromatic nitrogens is 1. The Morgan fingerprint density at radius 2 is 1.73 bits per heavy atom. The van der Waals surface area contributed by atoms with E-state index in [2.05, 4.69) is 10.8 Å². The van der Waals surface area contributed by atoms with Crippen LogP contribution in [0.3, 0.4) is 0 Å². The number of halogens is 3. The number of methoxy groups -OCH3 is 2. The van der Waals surface area contributed by atoms with Crippen LogP contribution in [-0.4, -0.2) is 44.2 Å². The Labute approximate surface area is 252 Å². The van der Waals surface area contributed by atoms with E-state index in [9.17, 15) is 28.0 Å². The van der Waals surface area contributed by atoms with Crippen molar-refractivity contribution in [1.82, 2.24) is 4.90 Å². The summed E-state index contributed by atoms with van der Waals surface area (Å²) < 4.78 is 51.7. The molecule has 0 aliphatic carbocycles. The number of anilines is 1. The van der Waals surface area contributed by atoms with Crippen molar-refractivity contribution >= 4 is 23.6 Å². The first-order valence-corrected chi connectivity index (χ1v) is 13.2. The van der Waals surface area contributed by atoms with Crippen molar-refractivity contribution in [3.8, 4) is 6.07 Å². The number of rotatable bonds is 6. The number of nitriles is 1. The monoisotopic (exact) mass is 609 g/mol. The molecule has 1 aliphatic rings. The lowest BCUT2D eigenvalue weighted by atomic mass is 9.88. The van der Waals surface area contributed by atoms with E-state index in [4.69, 9.17) is 15.9 Å². The van der Waals surface area contributed by atoms with E-state index in [1.54, 1.807) is 26.4 Å². The smallest absolute Gasteiger partial charge is 0.416 e. The number of pyridine rings is 1. The van der Waals surface area contributed by atoms with Crippen LogP contribution in [-0.2, 0) is 33.4 Å². The molecule has 2 amide bonds. The fourth-order valence-electron chi connectivity index (χ4n) is 4.86. The molecule has 0 fully saturated rings. The fraction of sp³-hybridized carbons (Fsp3) is 0.258. The number of hydrogen-bond acceptors (Lipinski definition) is 6. The highest BCUT2D eigenvalue weighted by Crippen LogP contribution is 2.42. The second kappa shape index (κ2) is 14.3. The molecule has 0 radical (unpaired) electrons. The Hall–Kier alpha value is -5.22. The van der Waals surface area contributed by atoms with Gasteiger partial charge in [-0.1, -0.05) is 18.2 Å². The summed E-state index contributed by atoms with van der Waals surface area (Å²) in [6.07, 6.45) is -0.578. The summed E-state index contributed by atoms with van der Waals surface area (Å²) in [4.78, 5) is 28.0. The molecule has 44 heavy (non-hydrogen) atoms. The number of esters is 1. The minimum Gasteiger partial charge on any atom is -0.466 e. The molecule has 13 heteroatoms. The molecule has 0 bridgehead atoms. The van der Waals surface area contributed by atoms with Gasteiger partial charge in [0, 0.05) is 44.2 Å². The highest BCUT2D eigenvalue weighted by Gasteiger charge is 2.44. The van der Waals surface area contributed by atoms with Crippen molar-refractivity contribution in [2.75, 3.05) is 26.2 Å². The van der Waals surface area contributed by atoms with Gasteiger partial charge in [0.25, 0.3) is 0 Å². The molecule has 3 aromatic rings. The zero-order chi connectivity index (χ0) is 32.6. The third-order valence-corrected chi connectivity index (χ3v) is 6.75. The maximum atomic E-state index is 13.5. The lowest BCUT2D eigenvalue weighted by molar-refractivity contribution is -0.696. The highest BCUT2D eigenvalue weighted by atomic mass is 19.4. The number of nitrogens with zero attached hydrogens (tertiary/aromatic N) is 4. The van der Waals surface area contributed by atoms with Gasteiger partial charge in [0.15, 0.2) is 18.9 Å². The maximum Gasteiger partial charge on any atom is 0.416 e. The van der Waals surface area contributed by atoms with Crippen molar-refractivity contribution in [3.63, 3.8) is 0 Å². The summed E-state index contributed by atoms with van der Waals surface area (Å²) in [5, 5.41) is 18.5. The number of aryl methyl sites for hydroxylation is 2. The summed E-state index contributed by atoms with van der Waals surface area (Å²) in [5.41, 5.74) is 6.01. The number of benzene rings is 2. The van der Waals surface area contributed by atoms with Gasteiger partial charge in [-0.25, -0.2) is 14.2 Å². The fourth-order valence-corrected chi connectivity index (χ4v) is 4.86. The molecule has 2 aromatic carbocycles. The van der Waals surface area contributed by atoms with Gasteiger partial charge in [-0.2, -0.15) is 18.4 Å². The van der Waals surface area contributed by atoms with Crippen molar-refractivity contribution in [2.45, 2.75) is 32.1 Å². The first-order valence-electron chi connectivity index (χ1n) is 13.2. The van der Waals surface area contributed by atoms with Crippen LogP contribution < -0.4 is 15.2 Å². The first kappa shape index (κ1) is 33.3. The Kier molecular flexibility index (Phi) is 10.8. The van der Waals surface area contributed by atoms with Crippen LogP contribution in [0, 0.1) is 16.7 Å². The molecular weight excluding hydrogens is 577 g/mol. The Morgan fingerprint density at radius 1 is 1.07 bits per heavy atom. The maximum absolute atomic E-state index is 13.5. The third-order valence-electron chi connectivity index (χ3n) is 6.75. The molecule has 1 atom stereocenters. The van der Waals surface area contributed by atoms with E-state index in [1.165, 1.54) is 19.1 Å². The largest absolute Gasteiger partial charge is 0.466 e. The van der Waals surface area contributed by atoms with Crippen LogP contribution in [0.25, 0.3) is 0 Å². The number of urea groups is 1. The molecule has 3 N–H and O–H groups in total. The van der Waals surface area contributed by atoms with E-state index in [-0.39, 0.29) is 17.0 Å². The molecule has 10 nitrogen and oxygen atoms in total. The van der Waals surface area contributed by atoms with Crippen LogP contribution >= 0.6 is 0 Å². The van der Waals surface area contributed by atoms with Gasteiger partial charge in [0.2, 0.25) is 5.96 Å². The van der Waals surface area contributed by atoms with Crippen LogP contribution in [0.15, 0.2) is 84.3 Å². The standard InChI is InChI=1S/C29H25F3N6O3.C2H6O/c1-18-24(26(39)41-2)25(23-10-9-19(17-33)15-20(23)11-14-36-12-4-3-5-13-36)38(28(35)40)27(34)37(18)22-8-6-7-21(16-22)29(30,31)32;1-3-2/h3-10,12-13,15-16,25,34H,11,14H2,1-2H3,(H-,35,40);1-2H3/p+1/t25-;/m1./s1. The van der Waals surface area contributed by atoms with Crippen LogP contribution in [0.2, 0.25) is 0 Å². The molecule has 1 aromatic heterocycles. The average Bonchev–Trinajstić information content (AvgIpc) is 2.99. The highest BCUT2D eigenvalue weighted by molar-refractivity contribution is 6.10. The molecule has 4 rings (SSSR count). The van der Waals surface area contributed by atoms with E-state index < -0.39 is 35.7 Å². The molecule has 1 aliphatic heterocycles. The van der Waals surface area contributed by atoms with Gasteiger partial charge in [0.05, 0.1) is 29.9 Å². The normalized spacial score (nSPS) is 14.9. The second-order valence-electron chi connectivity index (χ2n) is 9.61. The molecule has 0 spiro atoms. The van der Waals surface area contributed by atoms with Crippen LogP contribution in [0.5, 0.6) is 0 Å². The summed E-state index contributed by atoms with van der Waals surface area (Å²) in [7, 11) is 4.38. The van der Waals surface area contributed by atoms with Gasteiger partial charge in [-0.15, -0.1) is 0 Å². The van der Waals surface area contributed by atoms with Crippen molar-refractivity contribution < 1.29 is 36.8 Å². The molecule has 0 saturated carbocycles. The van der Waals surface area contributed by atoms with E-state index in [1.807, 2.05) is 35.2 Å². The van der Waals surface area contributed by atoms with E-state index >= 15 is 0 Å². The Balaban J connectivity index is 0.00000169. The van der Waals surface area contributed by atoms with E-state index in [0.717, 1.165) is 35.1 Å². The quantitative estimate of drug-likeness (QED) is 0.307. The number of alkyl halides is 3. The van der Waals surface area contributed by atoms with Gasteiger partial charge in [0.1, 0.15) is 6.04 Å². The van der Waals surface area contributed by atoms with Gasteiger partial charge in [-0.3, -0.25) is 15.2 Å². The van der Waals surface area contributed by atoms with Gasteiger partial charge < -0.3 is 15.2 Å². The number of nitrogens with two attached hydrogens (primary N) is 1. The Morgan fingerprint density at radius 3 is 2.30 bits per heavy atom. The number of allylic oxidation sites excluding steroid dienone is 1. The van der Waals surface area contributed by atoms with Crippen molar-refractivity contribution in [1.29, 1.82) is 10.7 Å². The summed E-state index contributed by atoms with van der Waals surface area (Å²) in [5.74, 6) is -1.42. The lowest BCUT2D eigenvalue weighted by Crippen LogP contribution is -2.55. The average molecular weight is 610 g/mol. The first-order chi connectivity index (χ1) is 20.9. The number of guanidine groups is 1. The number of carbonyl (C=O) groups excluding carboxylic acids is 2.